The van der Waals surface area contributed by atoms with Gasteiger partial charge in [0, 0.05) is 24.7 Å². The summed E-state index contributed by atoms with van der Waals surface area (Å²) in [5.74, 6) is 0.785. The molecule has 3 heterocycles. The molecule has 2 aromatic carbocycles. The van der Waals surface area contributed by atoms with Gasteiger partial charge in [0.2, 0.25) is 5.91 Å². The fraction of sp³-hybridized carbons (Fsp3) is 0.143. The van der Waals surface area contributed by atoms with Crippen molar-refractivity contribution in [2.45, 2.75) is 0 Å². The summed E-state index contributed by atoms with van der Waals surface area (Å²) in [6, 6.07) is 19.9. The standard InChI is InChI=1S/C21H17N5OS/c27-20(25-21-24-16-8-4-5-9-18(16)28-21)15-11-26(12-15)19-10-17(22-13-23-19)14-6-2-1-3-7-14/h1-10,13,15H,11-12H2,(H,24,25,27). The second-order valence-corrected chi connectivity index (χ2v) is 7.74. The quantitative estimate of drug-likeness (QED) is 0.576. The first-order valence-corrected chi connectivity index (χ1v) is 9.87. The number of rotatable bonds is 4. The van der Waals surface area contributed by atoms with Gasteiger partial charge in [0.25, 0.3) is 0 Å². The molecular weight excluding hydrogens is 370 g/mol. The molecule has 0 unspecified atom stereocenters. The molecule has 0 bridgehead atoms. The van der Waals surface area contributed by atoms with Crippen LogP contribution in [0.5, 0.6) is 0 Å². The van der Waals surface area contributed by atoms with Crippen LogP contribution in [0, 0.1) is 5.92 Å². The average molecular weight is 387 g/mol. The maximum absolute atomic E-state index is 12.5. The smallest absolute Gasteiger partial charge is 0.232 e. The van der Waals surface area contributed by atoms with Crippen molar-refractivity contribution in [1.82, 2.24) is 15.0 Å². The van der Waals surface area contributed by atoms with Crippen molar-refractivity contribution in [3.63, 3.8) is 0 Å². The van der Waals surface area contributed by atoms with E-state index < -0.39 is 0 Å². The lowest BCUT2D eigenvalue weighted by atomic mass is 9.99. The van der Waals surface area contributed by atoms with Crippen LogP contribution in [0.3, 0.4) is 0 Å². The molecule has 1 saturated heterocycles. The molecule has 1 amide bonds. The minimum Gasteiger partial charge on any atom is -0.355 e. The highest BCUT2D eigenvalue weighted by atomic mass is 32.1. The van der Waals surface area contributed by atoms with Gasteiger partial charge >= 0.3 is 0 Å². The third-order valence-corrected chi connectivity index (χ3v) is 5.77. The Hall–Kier alpha value is -3.32. The van der Waals surface area contributed by atoms with E-state index in [1.807, 2.05) is 60.7 Å². The van der Waals surface area contributed by atoms with Crippen LogP contribution in [0.4, 0.5) is 10.9 Å². The highest BCUT2D eigenvalue weighted by Crippen LogP contribution is 2.29. The second kappa shape index (κ2) is 7.01. The van der Waals surface area contributed by atoms with Gasteiger partial charge in [0.15, 0.2) is 5.13 Å². The number of anilines is 2. The van der Waals surface area contributed by atoms with Gasteiger partial charge in [-0.3, -0.25) is 4.79 Å². The lowest BCUT2D eigenvalue weighted by Crippen LogP contribution is -2.52. The van der Waals surface area contributed by atoms with E-state index in [-0.39, 0.29) is 11.8 Å². The molecule has 1 aliphatic rings. The lowest BCUT2D eigenvalue weighted by molar-refractivity contribution is -0.120. The number of carbonyl (C=O) groups is 1. The molecule has 138 valence electrons. The van der Waals surface area contributed by atoms with Crippen LogP contribution in [-0.2, 0) is 4.79 Å². The number of benzene rings is 2. The van der Waals surface area contributed by atoms with Gasteiger partial charge in [-0.2, -0.15) is 0 Å². The minimum absolute atomic E-state index is 0.00708. The van der Waals surface area contributed by atoms with Gasteiger partial charge in [-0.1, -0.05) is 53.8 Å². The van der Waals surface area contributed by atoms with Gasteiger partial charge in [-0.15, -0.1) is 0 Å². The van der Waals surface area contributed by atoms with E-state index in [4.69, 9.17) is 0 Å². The van der Waals surface area contributed by atoms with Crippen molar-refractivity contribution in [2.75, 3.05) is 23.3 Å². The van der Waals surface area contributed by atoms with Crippen LogP contribution in [0.25, 0.3) is 21.5 Å². The number of amides is 1. The number of nitrogens with zero attached hydrogens (tertiary/aromatic N) is 4. The van der Waals surface area contributed by atoms with Crippen LogP contribution < -0.4 is 10.2 Å². The van der Waals surface area contributed by atoms with E-state index >= 15 is 0 Å². The molecule has 0 aliphatic carbocycles. The summed E-state index contributed by atoms with van der Waals surface area (Å²) in [5.41, 5.74) is 2.84. The van der Waals surface area contributed by atoms with Crippen LogP contribution in [-0.4, -0.2) is 33.9 Å². The number of aromatic nitrogens is 3. The van der Waals surface area contributed by atoms with Gasteiger partial charge in [0.1, 0.15) is 12.1 Å². The molecular formula is C21H17N5OS. The zero-order valence-corrected chi connectivity index (χ0v) is 15.8. The number of hydrogen-bond donors (Lipinski definition) is 1. The van der Waals surface area contributed by atoms with E-state index in [2.05, 4.69) is 25.2 Å². The third-order valence-electron chi connectivity index (χ3n) is 4.82. The number of nitrogens with one attached hydrogen (secondary N) is 1. The normalized spacial score (nSPS) is 14.1. The first kappa shape index (κ1) is 16.8. The summed E-state index contributed by atoms with van der Waals surface area (Å²) in [7, 11) is 0. The van der Waals surface area contributed by atoms with Crippen molar-refractivity contribution in [2.24, 2.45) is 5.92 Å². The molecule has 7 heteroatoms. The number of carbonyl (C=O) groups excluding carboxylic acids is 1. The van der Waals surface area contributed by atoms with Crippen molar-refractivity contribution in [3.05, 3.63) is 67.0 Å². The number of thiazole rings is 1. The van der Waals surface area contributed by atoms with Crippen LogP contribution in [0.2, 0.25) is 0 Å². The van der Waals surface area contributed by atoms with Gasteiger partial charge in [0.05, 0.1) is 21.8 Å². The molecule has 1 N–H and O–H groups in total. The highest BCUT2D eigenvalue weighted by molar-refractivity contribution is 7.22. The topological polar surface area (TPSA) is 71.0 Å². The Kier molecular flexibility index (Phi) is 4.21. The lowest BCUT2D eigenvalue weighted by Gasteiger charge is -2.38. The summed E-state index contributed by atoms with van der Waals surface area (Å²) in [6.45, 7) is 1.28. The molecule has 6 nitrogen and oxygen atoms in total. The Morgan fingerprint density at radius 2 is 1.82 bits per heavy atom. The van der Waals surface area contributed by atoms with Crippen LogP contribution in [0.15, 0.2) is 67.0 Å². The van der Waals surface area contributed by atoms with E-state index in [0.29, 0.717) is 18.2 Å². The summed E-state index contributed by atoms with van der Waals surface area (Å²) in [6.07, 6.45) is 1.58. The average Bonchev–Trinajstić information content (AvgIpc) is 3.10. The fourth-order valence-corrected chi connectivity index (χ4v) is 4.12. The van der Waals surface area contributed by atoms with Crippen molar-refractivity contribution in [3.8, 4) is 11.3 Å². The first-order valence-electron chi connectivity index (χ1n) is 9.05. The van der Waals surface area contributed by atoms with Gasteiger partial charge < -0.3 is 10.2 Å². The molecule has 1 fully saturated rings. The van der Waals surface area contributed by atoms with E-state index in [1.54, 1.807) is 6.33 Å². The van der Waals surface area contributed by atoms with Gasteiger partial charge in [-0.25, -0.2) is 15.0 Å². The molecule has 4 aromatic rings. The van der Waals surface area contributed by atoms with Crippen molar-refractivity contribution < 1.29 is 4.79 Å². The third kappa shape index (κ3) is 3.20. The van der Waals surface area contributed by atoms with Crippen molar-refractivity contribution >= 4 is 38.4 Å². The molecule has 0 radical (unpaired) electrons. The summed E-state index contributed by atoms with van der Waals surface area (Å²) in [5, 5.41) is 3.60. The maximum Gasteiger partial charge on any atom is 0.232 e. The second-order valence-electron chi connectivity index (χ2n) is 6.71. The molecule has 2 aromatic heterocycles. The Morgan fingerprint density at radius 1 is 1.04 bits per heavy atom. The number of fused-ring (bicyclic) bond motifs is 1. The Labute approximate surface area is 165 Å². The zero-order valence-electron chi connectivity index (χ0n) is 14.9. The Morgan fingerprint density at radius 3 is 2.64 bits per heavy atom. The SMILES string of the molecule is O=C(Nc1nc2ccccc2s1)C1CN(c2cc(-c3ccccc3)ncn2)C1. The molecule has 0 saturated carbocycles. The van der Waals surface area contributed by atoms with E-state index in [9.17, 15) is 4.79 Å². The highest BCUT2D eigenvalue weighted by Gasteiger charge is 2.34. The molecule has 5 rings (SSSR count). The van der Waals surface area contributed by atoms with Crippen LogP contribution >= 0.6 is 11.3 Å². The number of hydrogen-bond acceptors (Lipinski definition) is 6. The number of para-hydroxylation sites is 1. The van der Waals surface area contributed by atoms with Gasteiger partial charge in [-0.05, 0) is 12.1 Å². The maximum atomic E-state index is 12.5. The molecule has 1 aliphatic heterocycles. The first-order chi connectivity index (χ1) is 13.8. The zero-order chi connectivity index (χ0) is 18.9. The van der Waals surface area contributed by atoms with Crippen LogP contribution in [0.1, 0.15) is 0 Å². The predicted octanol–water partition coefficient (Wildman–Crippen LogP) is 3.83. The fourth-order valence-electron chi connectivity index (χ4n) is 3.25. The minimum atomic E-state index is -0.0675. The predicted molar refractivity (Wildman–Crippen MR) is 111 cm³/mol. The largest absolute Gasteiger partial charge is 0.355 e. The molecule has 0 atom stereocenters. The van der Waals surface area contributed by atoms with Crippen molar-refractivity contribution in [1.29, 1.82) is 0 Å². The summed E-state index contributed by atoms with van der Waals surface area (Å²) >= 11 is 1.50. The van der Waals surface area contributed by atoms with E-state index in [1.165, 1.54) is 11.3 Å². The monoisotopic (exact) mass is 387 g/mol. The molecule has 28 heavy (non-hydrogen) atoms. The molecule has 0 spiro atoms. The summed E-state index contributed by atoms with van der Waals surface area (Å²) < 4.78 is 1.07. The Bertz CT molecular complexity index is 1100. The summed E-state index contributed by atoms with van der Waals surface area (Å²) in [4.78, 5) is 27.8. The Balaban J connectivity index is 1.24. The van der Waals surface area contributed by atoms with E-state index in [0.717, 1.165) is 27.3 Å².